The van der Waals surface area contributed by atoms with Crippen molar-refractivity contribution in [2.45, 2.75) is 169 Å². The van der Waals surface area contributed by atoms with Gasteiger partial charge >= 0.3 is 36.1 Å². The van der Waals surface area contributed by atoms with E-state index in [1.807, 2.05) is 0 Å². The van der Waals surface area contributed by atoms with Gasteiger partial charge in [-0.2, -0.15) is 0 Å². The van der Waals surface area contributed by atoms with Crippen molar-refractivity contribution in [1.29, 1.82) is 0 Å². The normalized spacial score (nSPS) is 10.6. The highest BCUT2D eigenvalue weighted by molar-refractivity contribution is 5.50. The summed E-state index contributed by atoms with van der Waals surface area (Å²) in [6.07, 6.45) is 10.1. The summed E-state index contributed by atoms with van der Waals surface area (Å²) in [4.78, 5) is 35.0. The van der Waals surface area contributed by atoms with Crippen molar-refractivity contribution >= 4 is 0 Å². The molecule has 48 heavy (non-hydrogen) atoms. The molecule has 9 nitrogen and oxygen atoms in total. The van der Waals surface area contributed by atoms with Crippen molar-refractivity contribution in [1.82, 2.24) is 13.7 Å². The molecule has 0 aliphatic rings. The maximum Gasteiger partial charge on any atom is 0.416 e. The zero-order valence-corrected chi connectivity index (χ0v) is 33.7. The van der Waals surface area contributed by atoms with Gasteiger partial charge in [-0.15, -0.1) is 0 Å². The third-order valence-corrected chi connectivity index (χ3v) is 8.91. The monoisotopic (exact) mass is 672 g/mol. The van der Waals surface area contributed by atoms with Crippen LogP contribution in [0.15, 0.2) is 33.4 Å². The Bertz CT molecular complexity index is 1400. The summed E-state index contributed by atoms with van der Waals surface area (Å²) < 4.78 is 9.75. The second kappa shape index (κ2) is 22.3. The standard InChI is InChI=1S/C14H22.C9H15N3O3.C9H18N3.C7H16/c1-7-13-10(4)9(3)11(5)14(8-2)12(13)6;1-4-10-7(13)11(5-2)9(15)12(6-3)8(10)14;1-4-10-7-11(5-2)9-12(6-3)8-10;1-6(2)5-7(3)4/h7-8H2,1-6H3;4-6H2,1-3H3;7-9H,4-6H2,1-3H3;6-7H,5H2,1-4H3/q;;+3;. The molecule has 2 heterocycles. The van der Waals surface area contributed by atoms with Crippen LogP contribution >= 0.6 is 0 Å². The Morgan fingerprint density at radius 2 is 0.750 bits per heavy atom. The lowest BCUT2D eigenvalue weighted by Gasteiger charge is -2.19. The van der Waals surface area contributed by atoms with E-state index >= 15 is 0 Å². The molecule has 0 saturated carbocycles. The topological polar surface area (TPSA) is 77.6 Å². The average molecular weight is 672 g/mol. The molecule has 0 saturated heterocycles. The van der Waals surface area contributed by atoms with Gasteiger partial charge in [0.25, 0.3) is 0 Å². The van der Waals surface area contributed by atoms with E-state index in [1.54, 1.807) is 31.9 Å². The van der Waals surface area contributed by atoms with Crippen LogP contribution < -0.4 is 30.8 Å². The van der Waals surface area contributed by atoms with Crippen molar-refractivity contribution in [3.8, 4) is 0 Å². The van der Waals surface area contributed by atoms with E-state index in [2.05, 4.69) is 123 Å². The summed E-state index contributed by atoms with van der Waals surface area (Å²) in [5, 5.41) is 0. The minimum atomic E-state index is -0.528. The molecule has 3 rings (SSSR count). The molecule has 0 N–H and O–H groups in total. The van der Waals surface area contributed by atoms with Crippen LogP contribution in [-0.4, -0.2) is 13.7 Å². The molecule has 0 aliphatic carbocycles. The number of aryl methyl sites for hydroxylation is 3. The second-order valence-electron chi connectivity index (χ2n) is 13.1. The van der Waals surface area contributed by atoms with Gasteiger partial charge in [0.1, 0.15) is 0 Å². The first-order valence-electron chi connectivity index (χ1n) is 18.4. The molecule has 1 aromatic carbocycles. The van der Waals surface area contributed by atoms with Gasteiger partial charge in [0.2, 0.25) is 0 Å². The number of aromatic nitrogens is 6. The fourth-order valence-corrected chi connectivity index (χ4v) is 6.13. The lowest BCUT2D eigenvalue weighted by molar-refractivity contribution is -0.939. The summed E-state index contributed by atoms with van der Waals surface area (Å²) >= 11 is 0. The van der Waals surface area contributed by atoms with Gasteiger partial charge in [-0.1, -0.05) is 55.2 Å². The Morgan fingerprint density at radius 1 is 0.479 bits per heavy atom. The molecule has 0 amide bonds. The van der Waals surface area contributed by atoms with Gasteiger partial charge < -0.3 is 0 Å². The average Bonchev–Trinajstić information content (AvgIpc) is 3.05. The number of hydrogen-bond acceptors (Lipinski definition) is 3. The summed E-state index contributed by atoms with van der Waals surface area (Å²) in [7, 11) is 0. The third-order valence-electron chi connectivity index (χ3n) is 8.91. The zero-order chi connectivity index (χ0) is 37.3. The van der Waals surface area contributed by atoms with Crippen LogP contribution in [0.5, 0.6) is 0 Å². The van der Waals surface area contributed by atoms with Crippen molar-refractivity contribution in [2.75, 3.05) is 0 Å². The van der Waals surface area contributed by atoms with E-state index < -0.39 is 17.1 Å². The smallest absolute Gasteiger partial charge is 0.247 e. The summed E-state index contributed by atoms with van der Waals surface area (Å²) in [6, 6.07) is 0. The number of benzene rings is 1. The largest absolute Gasteiger partial charge is 0.416 e. The number of hydrogen-bond donors (Lipinski definition) is 0. The second-order valence-corrected chi connectivity index (χ2v) is 13.1. The first-order valence-corrected chi connectivity index (χ1v) is 18.4. The lowest BCUT2D eigenvalue weighted by Crippen LogP contribution is -2.56. The van der Waals surface area contributed by atoms with E-state index in [9.17, 15) is 14.4 Å². The molecule has 9 heteroatoms. The summed E-state index contributed by atoms with van der Waals surface area (Å²) in [5.41, 5.74) is 7.55. The molecule has 0 radical (unpaired) electrons. The highest BCUT2D eigenvalue weighted by Crippen LogP contribution is 2.27. The van der Waals surface area contributed by atoms with Crippen LogP contribution in [0.2, 0.25) is 0 Å². The molecular formula is C39H71N6O3+3. The molecule has 0 fully saturated rings. The minimum absolute atomic E-state index is 0.276. The van der Waals surface area contributed by atoms with Gasteiger partial charge in [-0.05, 0) is 134 Å². The SMILES string of the molecule is CC(C)CC(C)C.CC[n+]1c[n+](CC)c[n+](CC)c1.CCc1c(C)c(C)c(C)c(CC)c1C.CCn1c(=O)n(CC)c(=O)n(CC)c1=O. The predicted molar refractivity (Wildman–Crippen MR) is 199 cm³/mol. The maximum absolute atomic E-state index is 11.7. The van der Waals surface area contributed by atoms with Crippen LogP contribution in [-0.2, 0) is 52.1 Å². The van der Waals surface area contributed by atoms with Crippen molar-refractivity contribution < 1.29 is 13.7 Å². The summed E-state index contributed by atoms with van der Waals surface area (Å²) in [5.74, 6) is 1.75. The Kier molecular flexibility index (Phi) is 20.7. The maximum atomic E-state index is 11.7. The van der Waals surface area contributed by atoms with Crippen LogP contribution in [0.4, 0.5) is 0 Å². The molecule has 0 aliphatic heterocycles. The fraction of sp³-hybridized carbons (Fsp3) is 0.692. The highest BCUT2D eigenvalue weighted by Gasteiger charge is 2.15. The van der Waals surface area contributed by atoms with Gasteiger partial charge in [0, 0.05) is 19.6 Å². The fourth-order valence-electron chi connectivity index (χ4n) is 6.13. The van der Waals surface area contributed by atoms with Crippen LogP contribution in [0.1, 0.15) is 123 Å². The lowest BCUT2D eigenvalue weighted by atomic mass is 9.87. The van der Waals surface area contributed by atoms with Crippen molar-refractivity contribution in [2.24, 2.45) is 11.8 Å². The van der Waals surface area contributed by atoms with E-state index in [4.69, 9.17) is 0 Å². The van der Waals surface area contributed by atoms with Gasteiger partial charge in [-0.3, -0.25) is 0 Å². The number of rotatable bonds is 10. The van der Waals surface area contributed by atoms with E-state index in [0.717, 1.165) is 58.0 Å². The first-order chi connectivity index (χ1) is 22.5. The van der Waals surface area contributed by atoms with E-state index in [-0.39, 0.29) is 19.6 Å². The number of nitrogens with zero attached hydrogens (tertiary/aromatic N) is 6. The Morgan fingerprint density at radius 3 is 0.917 bits per heavy atom. The third kappa shape index (κ3) is 12.6. The van der Waals surface area contributed by atoms with Crippen molar-refractivity contribution in [3.05, 3.63) is 83.8 Å². The van der Waals surface area contributed by atoms with E-state index in [1.165, 1.54) is 28.7 Å². The molecular weight excluding hydrogens is 600 g/mol. The summed E-state index contributed by atoms with van der Waals surface area (Å²) in [6.45, 7) is 38.1. The Hall–Kier alpha value is -3.36. The highest BCUT2D eigenvalue weighted by atomic mass is 16.2. The Balaban J connectivity index is 0.000000633. The van der Waals surface area contributed by atoms with Gasteiger partial charge in [0.15, 0.2) is 19.6 Å². The van der Waals surface area contributed by atoms with Crippen molar-refractivity contribution in [3.63, 3.8) is 0 Å². The molecule has 0 bridgehead atoms. The molecule has 0 atom stereocenters. The molecule has 0 spiro atoms. The molecule has 2 aromatic heterocycles. The first kappa shape index (κ1) is 44.6. The van der Waals surface area contributed by atoms with Crippen LogP contribution in [0.3, 0.4) is 0 Å². The molecule has 272 valence electrons. The van der Waals surface area contributed by atoms with E-state index in [0.29, 0.717) is 0 Å². The van der Waals surface area contributed by atoms with Crippen LogP contribution in [0.25, 0.3) is 0 Å². The Labute approximate surface area is 291 Å². The van der Waals surface area contributed by atoms with Crippen LogP contribution in [0, 0.1) is 39.5 Å². The molecule has 3 aromatic rings. The quantitative estimate of drug-likeness (QED) is 0.265. The predicted octanol–water partition coefficient (Wildman–Crippen LogP) is 5.57. The minimum Gasteiger partial charge on any atom is -0.247 e. The molecule has 0 unspecified atom stereocenters. The van der Waals surface area contributed by atoms with Gasteiger partial charge in [-0.25, -0.2) is 28.1 Å². The zero-order valence-electron chi connectivity index (χ0n) is 33.7. The van der Waals surface area contributed by atoms with Gasteiger partial charge in [0.05, 0.1) is 0 Å².